The van der Waals surface area contributed by atoms with Crippen LogP contribution in [0.15, 0.2) is 0 Å². The Labute approximate surface area is 69.0 Å². The number of rotatable bonds is 1. The largest absolute Gasteiger partial charge is 0.481 e. The van der Waals surface area contributed by atoms with Crippen molar-refractivity contribution in [2.45, 2.75) is 18.4 Å². The molecule has 0 saturated carbocycles. The predicted octanol–water partition coefficient (Wildman–Crippen LogP) is -2.70. The van der Waals surface area contributed by atoms with E-state index in [1.54, 1.807) is 0 Å². The molecule has 0 aromatic rings. The Bertz CT molecular complexity index is 186. The number of hydrogen-bond acceptors (Lipinski definition) is 5. The van der Waals surface area contributed by atoms with Crippen LogP contribution in [0.1, 0.15) is 0 Å². The van der Waals surface area contributed by atoms with E-state index in [0.717, 1.165) is 0 Å². The van der Waals surface area contributed by atoms with Crippen LogP contribution in [0.3, 0.4) is 0 Å². The van der Waals surface area contributed by atoms with Crippen molar-refractivity contribution in [3.63, 3.8) is 0 Å². The van der Waals surface area contributed by atoms with Gasteiger partial charge in [-0.15, -0.1) is 0 Å². The summed E-state index contributed by atoms with van der Waals surface area (Å²) in [6, 6.07) is 0. The van der Waals surface area contributed by atoms with Gasteiger partial charge in [-0.1, -0.05) is 0 Å². The van der Waals surface area contributed by atoms with Gasteiger partial charge in [0.05, 0.1) is 18.2 Å². The third-order valence-electron chi connectivity index (χ3n) is 2.02. The maximum atomic E-state index is 10.5. The van der Waals surface area contributed by atoms with Crippen LogP contribution in [0.2, 0.25) is 0 Å². The first kappa shape index (κ1) is 9.40. The minimum atomic E-state index is -1.29. The first-order chi connectivity index (χ1) is 5.54. The average molecular weight is 176 g/mol. The summed E-state index contributed by atoms with van der Waals surface area (Å²) in [5.74, 6) is -2.12. The third kappa shape index (κ3) is 1.56. The van der Waals surface area contributed by atoms with Crippen LogP contribution in [0.4, 0.5) is 0 Å². The number of aliphatic hydroxyl groups is 2. The van der Waals surface area contributed by atoms with Crippen molar-refractivity contribution in [2.75, 3.05) is 6.54 Å². The fraction of sp³-hybridized carbons (Fsp3) is 0.833. The smallest absolute Gasteiger partial charge is 0.310 e. The van der Waals surface area contributed by atoms with E-state index < -0.39 is 30.3 Å². The van der Waals surface area contributed by atoms with E-state index in [1.165, 1.54) is 0 Å². The summed E-state index contributed by atoms with van der Waals surface area (Å²) in [5, 5.41) is 29.5. The van der Waals surface area contributed by atoms with Crippen LogP contribution in [0.5, 0.6) is 0 Å². The summed E-state index contributed by atoms with van der Waals surface area (Å²) >= 11 is 0. The van der Waals surface area contributed by atoms with E-state index in [1.807, 2.05) is 0 Å². The SMILES string of the molecule is NC1NCC(C(=O)O)C(O)C1O. The van der Waals surface area contributed by atoms with Crippen molar-refractivity contribution < 1.29 is 20.1 Å². The van der Waals surface area contributed by atoms with Gasteiger partial charge < -0.3 is 21.1 Å². The fourth-order valence-electron chi connectivity index (χ4n) is 1.19. The van der Waals surface area contributed by atoms with E-state index in [9.17, 15) is 9.90 Å². The summed E-state index contributed by atoms with van der Waals surface area (Å²) < 4.78 is 0. The van der Waals surface area contributed by atoms with Crippen molar-refractivity contribution in [1.29, 1.82) is 0 Å². The average Bonchev–Trinajstić information content (AvgIpc) is 2.00. The molecule has 6 heteroatoms. The molecule has 0 aromatic heterocycles. The Morgan fingerprint density at radius 3 is 2.50 bits per heavy atom. The number of carbonyl (C=O) groups is 1. The van der Waals surface area contributed by atoms with Gasteiger partial charge in [0.2, 0.25) is 0 Å². The molecule has 4 atom stereocenters. The summed E-state index contributed by atoms with van der Waals surface area (Å²) in [7, 11) is 0. The fourth-order valence-corrected chi connectivity index (χ4v) is 1.19. The van der Waals surface area contributed by atoms with Gasteiger partial charge in [0.25, 0.3) is 0 Å². The number of nitrogens with one attached hydrogen (secondary N) is 1. The summed E-state index contributed by atoms with van der Waals surface area (Å²) in [4.78, 5) is 10.5. The number of carboxylic acid groups (broad SMARTS) is 1. The molecule has 0 radical (unpaired) electrons. The van der Waals surface area contributed by atoms with Crippen molar-refractivity contribution >= 4 is 5.97 Å². The molecule has 1 aliphatic heterocycles. The molecule has 0 aliphatic carbocycles. The lowest BCUT2D eigenvalue weighted by Crippen LogP contribution is -2.62. The monoisotopic (exact) mass is 176 g/mol. The van der Waals surface area contributed by atoms with E-state index in [2.05, 4.69) is 5.32 Å². The summed E-state index contributed by atoms with van der Waals surface area (Å²) in [5.41, 5.74) is 5.32. The first-order valence-corrected chi connectivity index (χ1v) is 3.62. The normalized spacial score (nSPS) is 42.6. The zero-order chi connectivity index (χ0) is 9.30. The van der Waals surface area contributed by atoms with Gasteiger partial charge in [-0.2, -0.15) is 0 Å². The number of aliphatic carboxylic acids is 1. The Hall–Kier alpha value is -0.690. The standard InChI is InChI=1S/C6H12N2O4/c7-5-4(10)3(9)2(1-8-5)6(11)12/h2-5,8-10H,1,7H2,(H,11,12). The van der Waals surface area contributed by atoms with Crippen LogP contribution >= 0.6 is 0 Å². The second-order valence-corrected chi connectivity index (χ2v) is 2.86. The van der Waals surface area contributed by atoms with Gasteiger partial charge in [-0.05, 0) is 0 Å². The highest BCUT2D eigenvalue weighted by Crippen LogP contribution is 2.13. The highest BCUT2D eigenvalue weighted by Gasteiger charge is 2.39. The van der Waals surface area contributed by atoms with E-state index in [4.69, 9.17) is 15.9 Å². The number of aliphatic hydroxyl groups excluding tert-OH is 2. The van der Waals surface area contributed by atoms with Crippen LogP contribution in [0, 0.1) is 5.92 Å². The molecule has 1 rings (SSSR count). The maximum Gasteiger partial charge on any atom is 0.310 e. The lowest BCUT2D eigenvalue weighted by molar-refractivity contribution is -0.152. The highest BCUT2D eigenvalue weighted by atomic mass is 16.4. The van der Waals surface area contributed by atoms with Gasteiger partial charge in [-0.3, -0.25) is 10.1 Å². The number of carboxylic acids is 1. The number of hydrogen-bond donors (Lipinski definition) is 5. The number of piperidine rings is 1. The molecule has 0 amide bonds. The third-order valence-corrected chi connectivity index (χ3v) is 2.02. The van der Waals surface area contributed by atoms with Crippen molar-refractivity contribution in [1.82, 2.24) is 5.32 Å². The molecule has 4 unspecified atom stereocenters. The molecule has 6 nitrogen and oxygen atoms in total. The summed E-state index contributed by atoms with van der Waals surface area (Å²) in [6.45, 7) is 0.0781. The van der Waals surface area contributed by atoms with Gasteiger partial charge in [0.1, 0.15) is 6.10 Å². The van der Waals surface area contributed by atoms with Crippen LogP contribution in [0.25, 0.3) is 0 Å². The molecule has 0 aromatic carbocycles. The van der Waals surface area contributed by atoms with E-state index in [-0.39, 0.29) is 6.54 Å². The highest BCUT2D eigenvalue weighted by molar-refractivity contribution is 5.71. The van der Waals surface area contributed by atoms with Crippen LogP contribution < -0.4 is 11.1 Å². The molecule has 70 valence electrons. The van der Waals surface area contributed by atoms with Gasteiger partial charge >= 0.3 is 5.97 Å². The molecule has 1 saturated heterocycles. The summed E-state index contributed by atoms with van der Waals surface area (Å²) in [6.07, 6.45) is -3.27. The molecule has 0 spiro atoms. The van der Waals surface area contributed by atoms with Crippen LogP contribution in [-0.4, -0.2) is 46.2 Å². The Balaban J connectivity index is 2.65. The lowest BCUT2D eigenvalue weighted by Gasteiger charge is -2.34. The van der Waals surface area contributed by atoms with Crippen LogP contribution in [-0.2, 0) is 4.79 Å². The van der Waals surface area contributed by atoms with Crippen molar-refractivity contribution in [2.24, 2.45) is 11.7 Å². The topological polar surface area (TPSA) is 116 Å². The second kappa shape index (κ2) is 3.36. The van der Waals surface area contributed by atoms with E-state index in [0.29, 0.717) is 0 Å². The quantitative estimate of drug-likeness (QED) is 0.297. The number of nitrogens with two attached hydrogens (primary N) is 1. The second-order valence-electron chi connectivity index (χ2n) is 2.86. The van der Waals surface area contributed by atoms with Gasteiger partial charge in [0.15, 0.2) is 0 Å². The maximum absolute atomic E-state index is 10.5. The first-order valence-electron chi connectivity index (χ1n) is 3.62. The molecule has 0 bridgehead atoms. The Morgan fingerprint density at radius 1 is 1.42 bits per heavy atom. The van der Waals surface area contributed by atoms with Crippen molar-refractivity contribution in [3.8, 4) is 0 Å². The predicted molar refractivity (Wildman–Crippen MR) is 39.1 cm³/mol. The Morgan fingerprint density at radius 2 is 2.00 bits per heavy atom. The van der Waals surface area contributed by atoms with Crippen molar-refractivity contribution in [3.05, 3.63) is 0 Å². The zero-order valence-electron chi connectivity index (χ0n) is 6.34. The molecule has 1 aliphatic rings. The molecule has 1 heterocycles. The lowest BCUT2D eigenvalue weighted by atomic mass is 9.92. The minimum absolute atomic E-state index is 0.0781. The molecule has 6 N–H and O–H groups in total. The minimum Gasteiger partial charge on any atom is -0.481 e. The van der Waals surface area contributed by atoms with Gasteiger partial charge in [0, 0.05) is 6.54 Å². The molecule has 1 fully saturated rings. The van der Waals surface area contributed by atoms with Gasteiger partial charge in [-0.25, -0.2) is 0 Å². The molecular weight excluding hydrogens is 164 g/mol. The van der Waals surface area contributed by atoms with E-state index >= 15 is 0 Å². The zero-order valence-corrected chi connectivity index (χ0v) is 6.34. The molecule has 12 heavy (non-hydrogen) atoms. The molecular formula is C6H12N2O4. The Kier molecular flexibility index (Phi) is 2.63.